The van der Waals surface area contributed by atoms with Crippen molar-refractivity contribution in [3.8, 4) is 0 Å². The van der Waals surface area contributed by atoms with Crippen LogP contribution in [0.1, 0.15) is 181 Å². The molecule has 0 aromatic heterocycles. The number of hydrogen-bond donors (Lipinski definition) is 2. The molecular formula is C38H70O11S2. The van der Waals surface area contributed by atoms with E-state index in [1.165, 1.54) is 77.0 Å². The van der Waals surface area contributed by atoms with Crippen molar-refractivity contribution in [1.29, 1.82) is 0 Å². The Morgan fingerprint density at radius 1 is 0.471 bits per heavy atom. The van der Waals surface area contributed by atoms with Crippen molar-refractivity contribution in [2.75, 3.05) is 26.4 Å². The average molecular weight is 767 g/mol. The minimum atomic E-state index is -4.58. The van der Waals surface area contributed by atoms with Gasteiger partial charge < -0.3 is 23.7 Å². The molecule has 2 N–H and O–H groups in total. The second-order valence-electron chi connectivity index (χ2n) is 15.7. The first-order chi connectivity index (χ1) is 24.4. The summed E-state index contributed by atoms with van der Waals surface area (Å²) in [6.07, 6.45) is 23.4. The van der Waals surface area contributed by atoms with Gasteiger partial charge in [0.2, 0.25) is 11.6 Å². The summed E-state index contributed by atoms with van der Waals surface area (Å²) in [6.45, 7) is 5.54. The van der Waals surface area contributed by atoms with E-state index in [-0.39, 0.29) is 52.1 Å². The number of hydrogen-bond acceptors (Lipinski definition) is 9. The molecule has 0 bridgehead atoms. The van der Waals surface area contributed by atoms with Gasteiger partial charge >= 0.3 is 0 Å². The van der Waals surface area contributed by atoms with E-state index in [9.17, 15) is 25.9 Å². The number of rotatable bonds is 30. The smallest absolute Gasteiger partial charge is 0.270 e. The van der Waals surface area contributed by atoms with E-state index >= 15 is 0 Å². The molecule has 13 heteroatoms. The zero-order valence-corrected chi connectivity index (χ0v) is 33.4. The van der Waals surface area contributed by atoms with Gasteiger partial charge in [0.1, 0.15) is 21.7 Å². The third-order valence-corrected chi connectivity index (χ3v) is 14.9. The minimum absolute atomic E-state index is 0.186. The van der Waals surface area contributed by atoms with Gasteiger partial charge in [-0.05, 0) is 12.8 Å². The van der Waals surface area contributed by atoms with E-state index in [1.54, 1.807) is 0 Å². The van der Waals surface area contributed by atoms with Gasteiger partial charge in [0, 0.05) is 25.7 Å². The van der Waals surface area contributed by atoms with Crippen molar-refractivity contribution in [3.05, 3.63) is 0 Å². The van der Waals surface area contributed by atoms with Crippen LogP contribution in [0.4, 0.5) is 0 Å². The van der Waals surface area contributed by atoms with Crippen molar-refractivity contribution >= 4 is 20.2 Å². The summed E-state index contributed by atoms with van der Waals surface area (Å²) in [4.78, 5) is 0. The molecule has 4 aliphatic rings. The maximum atomic E-state index is 13.1. The first-order valence-corrected chi connectivity index (χ1v) is 23.6. The van der Waals surface area contributed by atoms with Crippen molar-refractivity contribution in [2.45, 2.75) is 214 Å². The largest absolute Gasteiger partial charge is 0.368 e. The van der Waals surface area contributed by atoms with Crippen LogP contribution in [-0.2, 0) is 43.9 Å². The van der Waals surface area contributed by atoms with E-state index in [0.717, 1.165) is 38.5 Å². The summed E-state index contributed by atoms with van der Waals surface area (Å²) >= 11 is 0. The van der Waals surface area contributed by atoms with Gasteiger partial charge in [-0.3, -0.25) is 9.11 Å². The van der Waals surface area contributed by atoms with Crippen LogP contribution in [0.2, 0.25) is 0 Å². The highest BCUT2D eigenvalue weighted by atomic mass is 32.2. The fourth-order valence-corrected chi connectivity index (χ4v) is 11.6. The quantitative estimate of drug-likeness (QED) is 0.0533. The predicted molar refractivity (Wildman–Crippen MR) is 198 cm³/mol. The van der Waals surface area contributed by atoms with Gasteiger partial charge in [-0.2, -0.15) is 16.8 Å². The molecule has 6 unspecified atom stereocenters. The SMILES string of the molecule is CCCCCCCCCCCCC(C1(C2(OC3(C4(C(CCCCCCCCCCCC)S(=O)(=O)O)CCO4)CCO3)CCO2)CCO1)S(=O)(=O)O. The van der Waals surface area contributed by atoms with Crippen LogP contribution >= 0.6 is 0 Å². The summed E-state index contributed by atoms with van der Waals surface area (Å²) < 4.78 is 105. The first kappa shape index (κ1) is 43.3. The summed E-state index contributed by atoms with van der Waals surface area (Å²) in [5.41, 5.74) is -2.97. The second kappa shape index (κ2) is 20.0. The van der Waals surface area contributed by atoms with Gasteiger partial charge in [-0.1, -0.05) is 142 Å². The Bertz CT molecular complexity index is 1130. The maximum absolute atomic E-state index is 13.1. The second-order valence-corrected chi connectivity index (χ2v) is 18.9. The van der Waals surface area contributed by atoms with Gasteiger partial charge in [0.25, 0.3) is 20.2 Å². The Morgan fingerprint density at radius 2 is 0.725 bits per heavy atom. The van der Waals surface area contributed by atoms with Gasteiger partial charge in [-0.25, -0.2) is 0 Å². The molecule has 51 heavy (non-hydrogen) atoms. The molecule has 300 valence electrons. The summed E-state index contributed by atoms with van der Waals surface area (Å²) in [5.74, 6) is -3.17. The highest BCUT2D eigenvalue weighted by molar-refractivity contribution is 7.86. The Labute approximate surface area is 309 Å². The first-order valence-electron chi connectivity index (χ1n) is 20.6. The zero-order chi connectivity index (χ0) is 36.9. The van der Waals surface area contributed by atoms with Crippen LogP contribution in [0, 0.1) is 0 Å². The topological polar surface area (TPSA) is 155 Å². The molecule has 4 rings (SSSR count). The third kappa shape index (κ3) is 10.5. The summed E-state index contributed by atoms with van der Waals surface area (Å²) in [7, 11) is -9.17. The van der Waals surface area contributed by atoms with E-state index in [0.29, 0.717) is 25.7 Å². The molecule has 11 nitrogen and oxygen atoms in total. The molecule has 0 aromatic carbocycles. The number of unbranched alkanes of at least 4 members (excludes halogenated alkanes) is 18. The van der Waals surface area contributed by atoms with Crippen LogP contribution in [-0.4, -0.2) is 85.6 Å². The third-order valence-electron chi connectivity index (χ3n) is 12.2. The molecule has 4 saturated heterocycles. The van der Waals surface area contributed by atoms with E-state index in [4.69, 9.17) is 23.7 Å². The fourth-order valence-electron chi connectivity index (χ4n) is 8.97. The standard InChI is InChI=1S/C38H70O11S2/c1-3-5-7-9-11-13-15-17-19-21-23-33(50(39,40)41)35(25-29-45-35)37(27-31-47-37)49-38(28-32-48-38)36(26-30-46-36)34(51(42,43)44)24-22-20-18-16-14-12-10-8-6-4-2/h33-34H,3-32H2,1-2H3,(H,39,40,41)(H,42,43,44). The lowest BCUT2D eigenvalue weighted by molar-refractivity contribution is -0.516. The molecule has 6 atom stereocenters. The van der Waals surface area contributed by atoms with Crippen molar-refractivity contribution in [1.82, 2.24) is 0 Å². The lowest BCUT2D eigenvalue weighted by Gasteiger charge is -2.67. The van der Waals surface area contributed by atoms with Gasteiger partial charge in [0.15, 0.2) is 0 Å². The van der Waals surface area contributed by atoms with E-state index in [1.807, 2.05) is 0 Å². The Balaban J connectivity index is 1.42. The predicted octanol–water partition coefficient (Wildman–Crippen LogP) is 8.69. The molecule has 0 radical (unpaired) electrons. The van der Waals surface area contributed by atoms with E-state index < -0.39 is 53.5 Å². The highest BCUT2D eigenvalue weighted by Crippen LogP contribution is 2.59. The Kier molecular flexibility index (Phi) is 17.0. The summed E-state index contributed by atoms with van der Waals surface area (Å²) in [6, 6.07) is 0. The van der Waals surface area contributed by atoms with Crippen molar-refractivity contribution in [3.63, 3.8) is 0 Å². The summed E-state index contributed by atoms with van der Waals surface area (Å²) in [5, 5.41) is -2.57. The van der Waals surface area contributed by atoms with Crippen LogP contribution in [0.15, 0.2) is 0 Å². The Hall–Kier alpha value is -0.380. The lowest BCUT2D eigenvalue weighted by atomic mass is 9.73. The molecule has 0 amide bonds. The van der Waals surface area contributed by atoms with Crippen LogP contribution < -0.4 is 0 Å². The normalized spacial score (nSPS) is 30.5. The molecule has 0 aliphatic carbocycles. The van der Waals surface area contributed by atoms with Crippen molar-refractivity contribution in [2.24, 2.45) is 0 Å². The molecule has 4 fully saturated rings. The highest BCUT2D eigenvalue weighted by Gasteiger charge is 2.76. The zero-order valence-electron chi connectivity index (χ0n) is 31.8. The molecule has 4 aliphatic heterocycles. The monoisotopic (exact) mass is 766 g/mol. The number of ether oxygens (including phenoxy) is 5. The molecule has 0 aromatic rings. The van der Waals surface area contributed by atoms with Gasteiger partial charge in [-0.15, -0.1) is 0 Å². The van der Waals surface area contributed by atoms with Crippen LogP contribution in [0.5, 0.6) is 0 Å². The molecule has 4 heterocycles. The maximum Gasteiger partial charge on any atom is 0.270 e. The molecular weight excluding hydrogens is 697 g/mol. The molecule has 0 saturated carbocycles. The van der Waals surface area contributed by atoms with Crippen LogP contribution in [0.25, 0.3) is 0 Å². The van der Waals surface area contributed by atoms with Crippen molar-refractivity contribution < 1.29 is 49.6 Å². The lowest BCUT2D eigenvalue weighted by Crippen LogP contribution is -2.82. The van der Waals surface area contributed by atoms with Crippen LogP contribution in [0.3, 0.4) is 0 Å². The Morgan fingerprint density at radius 3 is 0.922 bits per heavy atom. The van der Waals surface area contributed by atoms with E-state index in [2.05, 4.69) is 13.8 Å². The minimum Gasteiger partial charge on any atom is -0.368 e. The van der Waals surface area contributed by atoms with Gasteiger partial charge in [0.05, 0.1) is 26.4 Å². The average Bonchev–Trinajstić information content (AvgIpc) is 2.99. The molecule has 0 spiro atoms. The fraction of sp³-hybridized carbons (Fsp3) is 1.00.